The largest absolute Gasteiger partial charge is 0.462 e. The molecule has 0 spiro atoms. The van der Waals surface area contributed by atoms with Gasteiger partial charge in [-0.2, -0.15) is 0 Å². The van der Waals surface area contributed by atoms with Crippen LogP contribution in [-0.4, -0.2) is 23.5 Å². The Morgan fingerprint density at radius 1 is 1.17 bits per heavy atom. The maximum Gasteiger partial charge on any atom is 0.341 e. The lowest BCUT2D eigenvalue weighted by Gasteiger charge is -2.12. The summed E-state index contributed by atoms with van der Waals surface area (Å²) in [6.07, 6.45) is 5.60. The van der Waals surface area contributed by atoms with E-state index in [-0.39, 0.29) is 11.9 Å². The average Bonchev–Trinajstić information content (AvgIpc) is 3.36. The van der Waals surface area contributed by atoms with E-state index < -0.39 is 0 Å². The van der Waals surface area contributed by atoms with Gasteiger partial charge in [0.2, 0.25) is 0 Å². The number of fused-ring (bicyclic) bond motifs is 1. The molecule has 0 saturated carbocycles. The average molecular weight is 429 g/mol. The Morgan fingerprint density at radius 2 is 1.97 bits per heavy atom. The van der Waals surface area contributed by atoms with E-state index in [2.05, 4.69) is 10.3 Å². The van der Waals surface area contributed by atoms with E-state index in [9.17, 15) is 9.59 Å². The van der Waals surface area contributed by atoms with Crippen molar-refractivity contribution in [1.29, 1.82) is 0 Å². The summed E-state index contributed by atoms with van der Waals surface area (Å²) in [6.45, 7) is 2.09. The summed E-state index contributed by atoms with van der Waals surface area (Å²) in [6, 6.07) is 6.83. The summed E-state index contributed by atoms with van der Waals surface area (Å²) in [5.74, 6) is -0.0281. The van der Waals surface area contributed by atoms with Crippen LogP contribution in [-0.2, 0) is 17.6 Å². The predicted molar refractivity (Wildman–Crippen MR) is 114 cm³/mol. The number of ether oxygens (including phenoxy) is 2. The van der Waals surface area contributed by atoms with Crippen LogP contribution >= 0.6 is 22.7 Å². The van der Waals surface area contributed by atoms with E-state index in [4.69, 9.17) is 9.47 Å². The van der Waals surface area contributed by atoms with Crippen molar-refractivity contribution in [3.63, 3.8) is 0 Å². The van der Waals surface area contributed by atoms with Crippen molar-refractivity contribution in [2.24, 2.45) is 0 Å². The Balaban J connectivity index is 1.53. The summed E-state index contributed by atoms with van der Waals surface area (Å²) in [5, 5.41) is 5.87. The molecule has 8 heteroatoms. The molecule has 3 aromatic rings. The number of anilines is 1. The number of aryl methyl sites for hydroxylation is 1. The summed E-state index contributed by atoms with van der Waals surface area (Å²) in [5.41, 5.74) is 2.03. The highest BCUT2D eigenvalue weighted by molar-refractivity contribution is 7.17. The highest BCUT2D eigenvalue weighted by Gasteiger charge is 2.27. The molecule has 0 unspecified atom stereocenters. The number of nitrogens with one attached hydrogen (secondary N) is 1. The first-order valence-electron chi connectivity index (χ1n) is 9.46. The molecule has 0 atom stereocenters. The Hall–Kier alpha value is -2.71. The first kappa shape index (κ1) is 19.6. The van der Waals surface area contributed by atoms with Crippen molar-refractivity contribution in [1.82, 2.24) is 4.98 Å². The molecule has 150 valence electrons. The van der Waals surface area contributed by atoms with Gasteiger partial charge in [-0.15, -0.1) is 11.3 Å². The Kier molecular flexibility index (Phi) is 5.92. The molecule has 29 heavy (non-hydrogen) atoms. The topological polar surface area (TPSA) is 77.5 Å². The van der Waals surface area contributed by atoms with Gasteiger partial charge in [0.05, 0.1) is 12.2 Å². The number of hydrogen-bond donors (Lipinski definition) is 1. The standard InChI is InChI=1S/C21H20N2O4S2/c1-2-26-20(25)17-15-5-3-4-6-16(15)29-19(17)23-18(24)13-7-9-14(10-8-13)27-21-22-11-12-28-21/h7-12H,2-6H2,1H3,(H,23,24). The molecular formula is C21H20N2O4S2. The molecule has 1 amide bonds. The van der Waals surface area contributed by atoms with Crippen molar-refractivity contribution >= 4 is 39.6 Å². The van der Waals surface area contributed by atoms with Crippen molar-refractivity contribution < 1.29 is 19.1 Å². The highest BCUT2D eigenvalue weighted by atomic mass is 32.1. The van der Waals surface area contributed by atoms with Gasteiger partial charge in [-0.05, 0) is 62.4 Å². The monoisotopic (exact) mass is 428 g/mol. The second kappa shape index (κ2) is 8.75. The van der Waals surface area contributed by atoms with Gasteiger partial charge in [0.15, 0.2) is 0 Å². The van der Waals surface area contributed by atoms with Gasteiger partial charge < -0.3 is 14.8 Å². The molecular weight excluding hydrogens is 408 g/mol. The van der Waals surface area contributed by atoms with Crippen molar-refractivity contribution in [3.8, 4) is 10.9 Å². The number of rotatable bonds is 6. The molecule has 6 nitrogen and oxygen atoms in total. The molecule has 0 saturated heterocycles. The van der Waals surface area contributed by atoms with Gasteiger partial charge in [-0.25, -0.2) is 9.78 Å². The smallest absolute Gasteiger partial charge is 0.341 e. The summed E-state index contributed by atoms with van der Waals surface area (Å²) < 4.78 is 10.9. The summed E-state index contributed by atoms with van der Waals surface area (Å²) >= 11 is 2.88. The lowest BCUT2D eigenvalue weighted by Crippen LogP contribution is -2.15. The van der Waals surface area contributed by atoms with Crippen LogP contribution in [0.15, 0.2) is 35.8 Å². The molecule has 2 aromatic heterocycles. The van der Waals surface area contributed by atoms with Crippen LogP contribution in [0, 0.1) is 0 Å². The molecule has 1 aliphatic rings. The molecule has 0 radical (unpaired) electrons. The van der Waals surface area contributed by atoms with E-state index in [0.717, 1.165) is 31.2 Å². The minimum atomic E-state index is -0.366. The molecule has 0 aliphatic heterocycles. The van der Waals surface area contributed by atoms with E-state index in [1.807, 2.05) is 5.38 Å². The second-order valence-corrected chi connectivity index (χ2v) is 8.48. The molecule has 1 aromatic carbocycles. The van der Waals surface area contributed by atoms with Crippen molar-refractivity contribution in [2.75, 3.05) is 11.9 Å². The van der Waals surface area contributed by atoms with Crippen LogP contribution in [0.2, 0.25) is 0 Å². The predicted octanol–water partition coefficient (Wildman–Crippen LogP) is 5.30. The maximum atomic E-state index is 12.8. The number of carbonyl (C=O) groups is 2. The number of hydrogen-bond acceptors (Lipinski definition) is 7. The quantitative estimate of drug-likeness (QED) is 0.539. The Morgan fingerprint density at radius 3 is 2.69 bits per heavy atom. The molecule has 4 rings (SSSR count). The van der Waals surface area contributed by atoms with E-state index >= 15 is 0 Å². The van der Waals surface area contributed by atoms with Crippen LogP contribution in [0.25, 0.3) is 0 Å². The van der Waals surface area contributed by atoms with Gasteiger partial charge in [0.1, 0.15) is 10.8 Å². The van der Waals surface area contributed by atoms with Crippen LogP contribution in [0.3, 0.4) is 0 Å². The van der Waals surface area contributed by atoms with Crippen LogP contribution in [0.4, 0.5) is 5.00 Å². The summed E-state index contributed by atoms with van der Waals surface area (Å²) in [4.78, 5) is 30.5. The van der Waals surface area contributed by atoms with E-state index in [1.54, 1.807) is 37.4 Å². The van der Waals surface area contributed by atoms with E-state index in [1.165, 1.54) is 27.6 Å². The summed E-state index contributed by atoms with van der Waals surface area (Å²) in [7, 11) is 0. The fourth-order valence-corrected chi connectivity index (χ4v) is 5.06. The van der Waals surface area contributed by atoms with Gasteiger partial charge in [0.25, 0.3) is 11.1 Å². The fourth-order valence-electron chi connectivity index (χ4n) is 3.28. The number of carbonyl (C=O) groups excluding carboxylic acids is 2. The van der Waals surface area contributed by atoms with Gasteiger partial charge >= 0.3 is 5.97 Å². The molecule has 1 N–H and O–H groups in total. The van der Waals surface area contributed by atoms with Crippen molar-refractivity contribution in [3.05, 3.63) is 57.4 Å². The van der Waals surface area contributed by atoms with Crippen LogP contribution < -0.4 is 10.1 Å². The Bertz CT molecular complexity index is 1010. The van der Waals surface area contributed by atoms with Crippen molar-refractivity contribution in [2.45, 2.75) is 32.6 Å². The van der Waals surface area contributed by atoms with Gasteiger partial charge in [-0.1, -0.05) is 11.3 Å². The zero-order valence-corrected chi connectivity index (χ0v) is 17.5. The molecule has 0 fully saturated rings. The third-order valence-electron chi connectivity index (χ3n) is 4.61. The Labute approximate surface area is 176 Å². The van der Waals surface area contributed by atoms with E-state index in [0.29, 0.717) is 33.7 Å². The van der Waals surface area contributed by atoms with Gasteiger partial charge in [0, 0.05) is 22.0 Å². The number of thiazole rings is 1. The van der Waals surface area contributed by atoms with Crippen LogP contribution in [0.1, 0.15) is 50.9 Å². The zero-order valence-electron chi connectivity index (χ0n) is 15.9. The minimum absolute atomic E-state index is 0.269. The zero-order chi connectivity index (χ0) is 20.2. The third-order valence-corrected chi connectivity index (χ3v) is 6.46. The normalized spacial score (nSPS) is 12.9. The van der Waals surface area contributed by atoms with Crippen LogP contribution in [0.5, 0.6) is 10.9 Å². The lowest BCUT2D eigenvalue weighted by molar-refractivity contribution is 0.0526. The first-order chi connectivity index (χ1) is 14.2. The highest BCUT2D eigenvalue weighted by Crippen LogP contribution is 2.39. The maximum absolute atomic E-state index is 12.8. The number of benzene rings is 1. The lowest BCUT2D eigenvalue weighted by atomic mass is 9.95. The number of thiophene rings is 1. The van der Waals surface area contributed by atoms with Gasteiger partial charge in [-0.3, -0.25) is 4.79 Å². The number of amides is 1. The third kappa shape index (κ3) is 4.33. The molecule has 1 aliphatic carbocycles. The number of nitrogens with zero attached hydrogens (tertiary/aromatic N) is 1. The molecule has 0 bridgehead atoms. The molecule has 2 heterocycles. The fraction of sp³-hybridized carbons (Fsp3) is 0.286. The number of aromatic nitrogens is 1. The number of esters is 1. The minimum Gasteiger partial charge on any atom is -0.462 e. The second-order valence-electron chi connectivity index (χ2n) is 6.51. The SMILES string of the molecule is CCOC(=O)c1c(NC(=O)c2ccc(Oc3nccs3)cc2)sc2c1CCCC2. The first-order valence-corrected chi connectivity index (χ1v) is 11.2.